The number of aryl methyl sites for hydroxylation is 1. The molecule has 1 aliphatic rings. The number of hydrogen-bond acceptors (Lipinski definition) is 4. The van der Waals surface area contributed by atoms with Gasteiger partial charge in [-0.3, -0.25) is 5.10 Å². The van der Waals surface area contributed by atoms with Crippen LogP contribution in [0.5, 0.6) is 0 Å². The summed E-state index contributed by atoms with van der Waals surface area (Å²) in [6.45, 7) is 4.37. The first-order chi connectivity index (χ1) is 12.1. The van der Waals surface area contributed by atoms with Gasteiger partial charge in [-0.1, -0.05) is 38.1 Å². The highest BCUT2D eigenvalue weighted by Crippen LogP contribution is 2.29. The first kappa shape index (κ1) is 16.0. The normalized spacial score (nSPS) is 13.9. The Balaban J connectivity index is 1.67. The zero-order valence-corrected chi connectivity index (χ0v) is 15.1. The van der Waals surface area contributed by atoms with Crippen LogP contribution in [0.3, 0.4) is 0 Å². The van der Waals surface area contributed by atoms with Crippen molar-refractivity contribution >= 4 is 18.4 Å². The van der Waals surface area contributed by atoms with Crippen molar-refractivity contribution in [1.82, 2.24) is 25.1 Å². The molecule has 0 amide bonds. The van der Waals surface area contributed by atoms with Crippen molar-refractivity contribution in [2.24, 2.45) is 5.10 Å². The molecule has 0 unspecified atom stereocenters. The maximum atomic E-state index is 5.34. The number of nitrogens with one attached hydrogen (secondary N) is 2. The monoisotopic (exact) mass is 352 g/mol. The van der Waals surface area contributed by atoms with Crippen LogP contribution in [-0.2, 0) is 12.8 Å². The molecule has 0 aliphatic heterocycles. The van der Waals surface area contributed by atoms with Crippen LogP contribution in [0.25, 0.3) is 11.5 Å². The second kappa shape index (κ2) is 6.40. The van der Waals surface area contributed by atoms with Crippen molar-refractivity contribution in [3.63, 3.8) is 0 Å². The fraction of sp³-hybridized carbons (Fsp3) is 0.333. The topological polar surface area (TPSA) is 74.7 Å². The maximum absolute atomic E-state index is 5.34. The van der Waals surface area contributed by atoms with E-state index in [-0.39, 0.29) is 0 Å². The zero-order valence-electron chi connectivity index (χ0n) is 14.3. The first-order valence-electron chi connectivity index (χ1n) is 8.51. The third-order valence-electron chi connectivity index (χ3n) is 4.59. The average Bonchev–Trinajstić information content (AvgIpc) is 3.29. The van der Waals surface area contributed by atoms with Gasteiger partial charge in [0, 0.05) is 11.3 Å². The van der Waals surface area contributed by atoms with Gasteiger partial charge >= 0.3 is 0 Å². The number of nitrogens with zero attached hydrogens (tertiary/aromatic N) is 4. The highest BCUT2D eigenvalue weighted by molar-refractivity contribution is 7.71. The molecule has 0 bridgehead atoms. The number of aromatic nitrogens is 5. The molecule has 2 aromatic heterocycles. The number of H-pyrrole nitrogens is 2. The van der Waals surface area contributed by atoms with Crippen LogP contribution in [0.1, 0.15) is 48.6 Å². The lowest BCUT2D eigenvalue weighted by Gasteiger charge is -2.04. The molecular formula is C18H20N6S. The molecule has 1 aromatic carbocycles. The molecule has 6 nitrogen and oxygen atoms in total. The number of aromatic amines is 2. The van der Waals surface area contributed by atoms with E-state index in [0.717, 1.165) is 30.5 Å². The van der Waals surface area contributed by atoms with E-state index in [1.807, 2.05) is 0 Å². The van der Waals surface area contributed by atoms with Gasteiger partial charge in [-0.2, -0.15) is 20.0 Å². The number of benzene rings is 1. The smallest absolute Gasteiger partial charge is 0.216 e. The number of fused-ring (bicyclic) bond motifs is 1. The molecule has 1 aliphatic carbocycles. The average molecular weight is 352 g/mol. The van der Waals surface area contributed by atoms with Crippen LogP contribution in [0, 0.1) is 4.77 Å². The number of hydrogen-bond donors (Lipinski definition) is 2. The van der Waals surface area contributed by atoms with Crippen LogP contribution in [0.15, 0.2) is 29.4 Å². The molecule has 4 rings (SSSR count). The lowest BCUT2D eigenvalue weighted by atomic mass is 10.0. The molecular weight excluding hydrogens is 332 g/mol. The fourth-order valence-corrected chi connectivity index (χ4v) is 3.33. The van der Waals surface area contributed by atoms with E-state index in [1.54, 1.807) is 10.9 Å². The summed E-state index contributed by atoms with van der Waals surface area (Å²) in [6.07, 6.45) is 5.00. The van der Waals surface area contributed by atoms with E-state index < -0.39 is 0 Å². The Morgan fingerprint density at radius 3 is 2.72 bits per heavy atom. The van der Waals surface area contributed by atoms with Gasteiger partial charge < -0.3 is 0 Å². The van der Waals surface area contributed by atoms with Crippen LogP contribution >= 0.6 is 12.2 Å². The second-order valence-corrected chi connectivity index (χ2v) is 7.00. The summed E-state index contributed by atoms with van der Waals surface area (Å²) in [5.41, 5.74) is 5.60. The molecule has 0 saturated carbocycles. The summed E-state index contributed by atoms with van der Waals surface area (Å²) < 4.78 is 2.10. The molecule has 0 fully saturated rings. The molecule has 0 radical (unpaired) electrons. The minimum atomic E-state index is 0.458. The third kappa shape index (κ3) is 2.95. The van der Waals surface area contributed by atoms with Gasteiger partial charge in [-0.25, -0.2) is 5.10 Å². The number of rotatable bonds is 4. The first-order valence-corrected chi connectivity index (χ1v) is 8.92. The predicted octanol–water partition coefficient (Wildman–Crippen LogP) is 3.83. The lowest BCUT2D eigenvalue weighted by Crippen LogP contribution is -1.97. The third-order valence-corrected chi connectivity index (χ3v) is 4.86. The van der Waals surface area contributed by atoms with E-state index >= 15 is 0 Å². The SMILES string of the molecule is CC(C)c1ccc(/C=N\n2c(-c3n[nH]c4c3CCC4)n[nH]c2=S)cc1. The maximum Gasteiger partial charge on any atom is 0.216 e. The van der Waals surface area contributed by atoms with Crippen molar-refractivity contribution in [3.8, 4) is 11.5 Å². The van der Waals surface area contributed by atoms with Gasteiger partial charge in [0.2, 0.25) is 10.6 Å². The summed E-state index contributed by atoms with van der Waals surface area (Å²) >= 11 is 5.34. The summed E-state index contributed by atoms with van der Waals surface area (Å²) in [5.74, 6) is 1.17. The Morgan fingerprint density at radius 2 is 1.96 bits per heavy atom. The molecule has 0 saturated heterocycles. The van der Waals surface area contributed by atoms with E-state index in [0.29, 0.717) is 16.5 Å². The summed E-state index contributed by atoms with van der Waals surface area (Å²) in [6, 6.07) is 8.38. The molecule has 0 spiro atoms. The Labute approximate surface area is 151 Å². The largest absolute Gasteiger partial charge is 0.282 e. The van der Waals surface area contributed by atoms with Crippen LogP contribution < -0.4 is 0 Å². The summed E-state index contributed by atoms with van der Waals surface area (Å²) in [4.78, 5) is 0. The Hall–Kier alpha value is -2.54. The van der Waals surface area contributed by atoms with Crippen molar-refractivity contribution in [2.75, 3.05) is 0 Å². The van der Waals surface area contributed by atoms with E-state index in [1.165, 1.54) is 16.8 Å². The standard InChI is InChI=1S/C18H20N6S/c1-11(2)13-8-6-12(7-9-13)10-19-24-17(22-23-18(24)25)16-14-4-3-5-15(14)20-21-16/h6-11H,3-5H2,1-2H3,(H,20,21)(H,23,25)/b19-10-. The summed E-state index contributed by atoms with van der Waals surface area (Å²) in [7, 11) is 0. The Morgan fingerprint density at radius 1 is 1.16 bits per heavy atom. The Kier molecular flexibility index (Phi) is 4.09. The van der Waals surface area contributed by atoms with Crippen molar-refractivity contribution in [3.05, 3.63) is 51.4 Å². The van der Waals surface area contributed by atoms with Gasteiger partial charge in [0.15, 0.2) is 0 Å². The quantitative estimate of drug-likeness (QED) is 0.553. The summed E-state index contributed by atoms with van der Waals surface area (Å²) in [5, 5.41) is 19.2. The fourth-order valence-electron chi connectivity index (χ4n) is 3.15. The van der Waals surface area contributed by atoms with Gasteiger partial charge in [0.1, 0.15) is 5.69 Å². The molecule has 2 N–H and O–H groups in total. The molecule has 7 heteroatoms. The zero-order chi connectivity index (χ0) is 17.4. The molecule has 2 heterocycles. The molecule has 128 valence electrons. The van der Waals surface area contributed by atoms with E-state index in [2.05, 4.69) is 63.6 Å². The van der Waals surface area contributed by atoms with Crippen LogP contribution in [0.2, 0.25) is 0 Å². The van der Waals surface area contributed by atoms with Crippen LogP contribution in [-0.4, -0.2) is 31.3 Å². The van der Waals surface area contributed by atoms with Crippen molar-refractivity contribution < 1.29 is 0 Å². The second-order valence-electron chi connectivity index (χ2n) is 6.61. The highest BCUT2D eigenvalue weighted by Gasteiger charge is 2.23. The van der Waals surface area contributed by atoms with E-state index in [9.17, 15) is 0 Å². The minimum Gasteiger partial charge on any atom is -0.282 e. The van der Waals surface area contributed by atoms with Crippen molar-refractivity contribution in [1.29, 1.82) is 0 Å². The lowest BCUT2D eigenvalue weighted by molar-refractivity contribution is 0.843. The molecule has 25 heavy (non-hydrogen) atoms. The van der Waals surface area contributed by atoms with Crippen LogP contribution in [0.4, 0.5) is 0 Å². The molecule has 3 aromatic rings. The Bertz CT molecular complexity index is 974. The highest BCUT2D eigenvalue weighted by atomic mass is 32.1. The molecule has 0 atom stereocenters. The predicted molar refractivity (Wildman–Crippen MR) is 101 cm³/mol. The minimum absolute atomic E-state index is 0.458. The van der Waals surface area contributed by atoms with Gasteiger partial charge in [-0.05, 0) is 48.5 Å². The van der Waals surface area contributed by atoms with Gasteiger partial charge in [0.05, 0.1) is 6.21 Å². The van der Waals surface area contributed by atoms with E-state index in [4.69, 9.17) is 12.2 Å². The van der Waals surface area contributed by atoms with Gasteiger partial charge in [0.25, 0.3) is 0 Å². The van der Waals surface area contributed by atoms with Gasteiger partial charge in [-0.15, -0.1) is 0 Å². The van der Waals surface area contributed by atoms with Crippen molar-refractivity contribution in [2.45, 2.75) is 39.0 Å².